The fraction of sp³-hybridized carbons (Fsp3) is 0.529. The number of ether oxygens (including phenoxy) is 1. The number of carbonyl (C=O) groups is 2. The van der Waals surface area contributed by atoms with Crippen molar-refractivity contribution >= 4 is 12.0 Å². The quantitative estimate of drug-likeness (QED) is 0.564. The van der Waals surface area contributed by atoms with Crippen LogP contribution < -0.4 is 10.1 Å². The molecule has 134 valence electrons. The molecule has 24 heavy (non-hydrogen) atoms. The van der Waals surface area contributed by atoms with Gasteiger partial charge >= 0.3 is 12.0 Å². The number of rotatable bonds is 10. The van der Waals surface area contributed by atoms with Crippen molar-refractivity contribution in [2.24, 2.45) is 0 Å². The predicted molar refractivity (Wildman–Crippen MR) is 90.1 cm³/mol. The molecule has 0 aliphatic rings. The van der Waals surface area contributed by atoms with Gasteiger partial charge < -0.3 is 25.2 Å². The molecule has 7 heteroatoms. The molecule has 0 spiro atoms. The second-order valence-corrected chi connectivity index (χ2v) is 5.75. The summed E-state index contributed by atoms with van der Waals surface area (Å²) in [4.78, 5) is 24.1. The first-order chi connectivity index (χ1) is 11.4. The maximum absolute atomic E-state index is 12.2. The third-order valence-corrected chi connectivity index (χ3v) is 3.32. The molecule has 1 rings (SSSR count). The molecule has 0 saturated heterocycles. The van der Waals surface area contributed by atoms with Gasteiger partial charge in [-0.2, -0.15) is 0 Å². The SMILES string of the molecule is CC(C)N(CC(O)COc1ccccc1)C(=O)NCCCC(=O)O. The average Bonchev–Trinajstić information content (AvgIpc) is 2.55. The summed E-state index contributed by atoms with van der Waals surface area (Å²) in [7, 11) is 0. The highest BCUT2D eigenvalue weighted by Crippen LogP contribution is 2.09. The topological polar surface area (TPSA) is 99.1 Å². The Kier molecular flexibility index (Phi) is 8.64. The minimum Gasteiger partial charge on any atom is -0.491 e. The maximum atomic E-state index is 12.2. The molecular formula is C17H26N2O5. The number of carboxylic acid groups (broad SMARTS) is 1. The van der Waals surface area contributed by atoms with Crippen LogP contribution in [0.2, 0.25) is 0 Å². The van der Waals surface area contributed by atoms with E-state index in [-0.39, 0.29) is 38.2 Å². The van der Waals surface area contributed by atoms with Crippen molar-refractivity contribution in [3.63, 3.8) is 0 Å². The number of aliphatic hydroxyl groups excluding tert-OH is 1. The number of carbonyl (C=O) groups excluding carboxylic acids is 1. The first-order valence-electron chi connectivity index (χ1n) is 8.02. The van der Waals surface area contributed by atoms with Crippen molar-refractivity contribution in [2.75, 3.05) is 19.7 Å². The van der Waals surface area contributed by atoms with Crippen LogP contribution in [0, 0.1) is 0 Å². The van der Waals surface area contributed by atoms with Crippen LogP contribution in [0.3, 0.4) is 0 Å². The number of para-hydroxylation sites is 1. The molecule has 0 saturated carbocycles. The van der Waals surface area contributed by atoms with E-state index in [4.69, 9.17) is 9.84 Å². The molecule has 0 aromatic heterocycles. The van der Waals surface area contributed by atoms with Gasteiger partial charge in [0.2, 0.25) is 0 Å². The number of benzene rings is 1. The Balaban J connectivity index is 2.40. The van der Waals surface area contributed by atoms with Crippen molar-refractivity contribution in [3.8, 4) is 5.75 Å². The van der Waals surface area contributed by atoms with E-state index in [9.17, 15) is 14.7 Å². The Morgan fingerprint density at radius 2 is 1.92 bits per heavy atom. The van der Waals surface area contributed by atoms with Gasteiger partial charge in [0.1, 0.15) is 18.5 Å². The van der Waals surface area contributed by atoms with Gasteiger partial charge in [-0.05, 0) is 32.4 Å². The van der Waals surface area contributed by atoms with Crippen molar-refractivity contribution in [3.05, 3.63) is 30.3 Å². The molecule has 2 amide bonds. The van der Waals surface area contributed by atoms with Gasteiger partial charge in [-0.3, -0.25) is 4.79 Å². The van der Waals surface area contributed by atoms with Gasteiger partial charge in [0, 0.05) is 19.0 Å². The lowest BCUT2D eigenvalue weighted by Crippen LogP contribution is -2.48. The van der Waals surface area contributed by atoms with E-state index in [1.54, 1.807) is 12.1 Å². The molecular weight excluding hydrogens is 312 g/mol. The number of hydrogen-bond donors (Lipinski definition) is 3. The Labute approximate surface area is 142 Å². The van der Waals surface area contributed by atoms with Crippen molar-refractivity contribution in [1.29, 1.82) is 0 Å². The summed E-state index contributed by atoms with van der Waals surface area (Å²) >= 11 is 0. The zero-order valence-corrected chi connectivity index (χ0v) is 14.1. The second kappa shape index (κ2) is 10.5. The normalized spacial score (nSPS) is 11.8. The largest absolute Gasteiger partial charge is 0.491 e. The van der Waals surface area contributed by atoms with Crippen molar-refractivity contribution < 1.29 is 24.5 Å². The summed E-state index contributed by atoms with van der Waals surface area (Å²) in [6.07, 6.45) is -0.445. The van der Waals surface area contributed by atoms with Crippen LogP contribution in [-0.2, 0) is 4.79 Å². The van der Waals surface area contributed by atoms with Gasteiger partial charge in [0.05, 0.1) is 6.54 Å². The van der Waals surface area contributed by atoms with E-state index in [0.29, 0.717) is 12.2 Å². The number of aliphatic hydroxyl groups is 1. The van der Waals surface area contributed by atoms with Crippen LogP contribution in [0.25, 0.3) is 0 Å². The van der Waals surface area contributed by atoms with E-state index in [1.165, 1.54) is 4.90 Å². The van der Waals surface area contributed by atoms with E-state index in [0.717, 1.165) is 0 Å². The Hall–Kier alpha value is -2.28. The lowest BCUT2D eigenvalue weighted by molar-refractivity contribution is -0.137. The van der Waals surface area contributed by atoms with Gasteiger partial charge in [-0.1, -0.05) is 18.2 Å². The zero-order chi connectivity index (χ0) is 17.9. The number of amides is 2. The smallest absolute Gasteiger partial charge is 0.317 e. The lowest BCUT2D eigenvalue weighted by Gasteiger charge is -2.29. The van der Waals surface area contributed by atoms with Crippen LogP contribution in [0.5, 0.6) is 5.75 Å². The number of nitrogens with one attached hydrogen (secondary N) is 1. The maximum Gasteiger partial charge on any atom is 0.317 e. The fourth-order valence-corrected chi connectivity index (χ4v) is 2.05. The molecule has 1 aromatic rings. The molecule has 7 nitrogen and oxygen atoms in total. The number of hydrogen-bond acceptors (Lipinski definition) is 4. The summed E-state index contributed by atoms with van der Waals surface area (Å²) < 4.78 is 5.48. The van der Waals surface area contributed by atoms with Crippen LogP contribution in [0.1, 0.15) is 26.7 Å². The van der Waals surface area contributed by atoms with Crippen molar-refractivity contribution in [1.82, 2.24) is 10.2 Å². The summed E-state index contributed by atoms with van der Waals surface area (Å²) in [5, 5.41) is 21.3. The zero-order valence-electron chi connectivity index (χ0n) is 14.1. The summed E-state index contributed by atoms with van der Waals surface area (Å²) in [6.45, 7) is 4.20. The van der Waals surface area contributed by atoms with E-state index in [1.807, 2.05) is 32.0 Å². The molecule has 0 heterocycles. The first-order valence-corrected chi connectivity index (χ1v) is 8.02. The van der Waals surface area contributed by atoms with Gasteiger partial charge in [0.25, 0.3) is 0 Å². The number of carboxylic acids is 1. The highest BCUT2D eigenvalue weighted by Gasteiger charge is 2.20. The van der Waals surface area contributed by atoms with Crippen molar-refractivity contribution in [2.45, 2.75) is 38.8 Å². The molecule has 0 radical (unpaired) electrons. The predicted octanol–water partition coefficient (Wildman–Crippen LogP) is 1.71. The summed E-state index contributed by atoms with van der Waals surface area (Å²) in [5.41, 5.74) is 0. The third-order valence-electron chi connectivity index (χ3n) is 3.32. The van der Waals surface area contributed by atoms with Gasteiger partial charge in [-0.25, -0.2) is 4.79 Å². The third kappa shape index (κ3) is 7.82. The first kappa shape index (κ1) is 19.8. The van der Waals surface area contributed by atoms with Crippen LogP contribution >= 0.6 is 0 Å². The summed E-state index contributed by atoms with van der Waals surface area (Å²) in [6, 6.07) is 8.72. The van der Waals surface area contributed by atoms with Gasteiger partial charge in [-0.15, -0.1) is 0 Å². The molecule has 1 unspecified atom stereocenters. The fourth-order valence-electron chi connectivity index (χ4n) is 2.05. The minimum absolute atomic E-state index is 0.00942. The molecule has 1 atom stereocenters. The Morgan fingerprint density at radius 1 is 1.25 bits per heavy atom. The standard InChI is InChI=1S/C17H26N2O5/c1-13(2)19(17(23)18-10-6-9-16(21)22)11-14(20)12-24-15-7-4-3-5-8-15/h3-5,7-8,13-14,20H,6,9-12H2,1-2H3,(H,18,23)(H,21,22). The highest BCUT2D eigenvalue weighted by atomic mass is 16.5. The summed E-state index contributed by atoms with van der Waals surface area (Å²) in [5.74, 6) is -0.232. The monoisotopic (exact) mass is 338 g/mol. The molecule has 0 aliphatic heterocycles. The second-order valence-electron chi connectivity index (χ2n) is 5.75. The van der Waals surface area contributed by atoms with E-state index in [2.05, 4.69) is 5.32 Å². The molecule has 3 N–H and O–H groups in total. The van der Waals surface area contributed by atoms with E-state index < -0.39 is 12.1 Å². The highest BCUT2D eigenvalue weighted by molar-refractivity contribution is 5.74. The Morgan fingerprint density at radius 3 is 2.50 bits per heavy atom. The van der Waals surface area contributed by atoms with E-state index >= 15 is 0 Å². The lowest BCUT2D eigenvalue weighted by atomic mass is 10.2. The molecule has 0 fully saturated rings. The van der Waals surface area contributed by atoms with Crippen LogP contribution in [0.4, 0.5) is 4.79 Å². The number of aliphatic carboxylic acids is 1. The molecule has 0 bridgehead atoms. The molecule has 0 aliphatic carbocycles. The minimum atomic E-state index is -0.890. The van der Waals surface area contributed by atoms with Crippen LogP contribution in [0.15, 0.2) is 30.3 Å². The average molecular weight is 338 g/mol. The van der Waals surface area contributed by atoms with Crippen LogP contribution in [-0.4, -0.2) is 59.0 Å². The molecule has 1 aromatic carbocycles. The Bertz CT molecular complexity index is 507. The number of nitrogens with zero attached hydrogens (tertiary/aromatic N) is 1. The van der Waals surface area contributed by atoms with Gasteiger partial charge in [0.15, 0.2) is 0 Å². The number of urea groups is 1.